The maximum Gasteiger partial charge on any atom is 0.227 e. The SMILES string of the molecule is O=C(Cc1ccc(-n2cccn2)cc1)N1CCCC(n2cccn2)C1. The zero-order chi connectivity index (χ0) is 17.1. The van der Waals surface area contributed by atoms with Gasteiger partial charge >= 0.3 is 0 Å². The summed E-state index contributed by atoms with van der Waals surface area (Å²) in [5.74, 6) is 0.184. The molecule has 0 saturated carbocycles. The van der Waals surface area contributed by atoms with Gasteiger partial charge in [-0.1, -0.05) is 12.1 Å². The van der Waals surface area contributed by atoms with Crippen LogP contribution in [0.4, 0.5) is 0 Å². The Labute approximate surface area is 146 Å². The summed E-state index contributed by atoms with van der Waals surface area (Å²) < 4.78 is 3.78. The number of benzene rings is 1. The van der Waals surface area contributed by atoms with Crippen LogP contribution in [-0.4, -0.2) is 43.5 Å². The normalized spacial score (nSPS) is 17.6. The molecule has 2 aromatic heterocycles. The lowest BCUT2D eigenvalue weighted by atomic mass is 10.0. The van der Waals surface area contributed by atoms with Crippen LogP contribution in [0.2, 0.25) is 0 Å². The second kappa shape index (κ2) is 6.93. The summed E-state index contributed by atoms with van der Waals surface area (Å²) in [5, 5.41) is 8.54. The first-order valence-corrected chi connectivity index (χ1v) is 8.65. The molecule has 3 heterocycles. The van der Waals surface area contributed by atoms with Gasteiger partial charge in [0, 0.05) is 37.9 Å². The predicted molar refractivity (Wildman–Crippen MR) is 94.3 cm³/mol. The number of amides is 1. The molecular formula is C19H21N5O. The number of hydrogen-bond acceptors (Lipinski definition) is 3. The fraction of sp³-hybridized carbons (Fsp3) is 0.316. The lowest BCUT2D eigenvalue weighted by Crippen LogP contribution is -2.41. The van der Waals surface area contributed by atoms with Gasteiger partial charge in [-0.15, -0.1) is 0 Å². The molecular weight excluding hydrogens is 314 g/mol. The molecule has 25 heavy (non-hydrogen) atoms. The average molecular weight is 335 g/mol. The highest BCUT2D eigenvalue weighted by molar-refractivity contribution is 5.79. The monoisotopic (exact) mass is 335 g/mol. The van der Waals surface area contributed by atoms with Crippen molar-refractivity contribution in [3.8, 4) is 5.69 Å². The molecule has 128 valence electrons. The fourth-order valence-corrected chi connectivity index (χ4v) is 3.37. The van der Waals surface area contributed by atoms with Crippen LogP contribution in [0.15, 0.2) is 61.2 Å². The van der Waals surface area contributed by atoms with Crippen LogP contribution >= 0.6 is 0 Å². The fourth-order valence-electron chi connectivity index (χ4n) is 3.37. The minimum Gasteiger partial charge on any atom is -0.340 e. The van der Waals surface area contributed by atoms with E-state index in [-0.39, 0.29) is 11.9 Å². The number of piperidine rings is 1. The molecule has 6 heteroatoms. The Bertz CT molecular complexity index is 808. The summed E-state index contributed by atoms with van der Waals surface area (Å²) >= 11 is 0. The maximum absolute atomic E-state index is 12.7. The van der Waals surface area contributed by atoms with Crippen LogP contribution in [0.5, 0.6) is 0 Å². The molecule has 0 aliphatic carbocycles. The van der Waals surface area contributed by atoms with E-state index in [1.807, 2.05) is 63.1 Å². The first kappa shape index (κ1) is 15.6. The van der Waals surface area contributed by atoms with E-state index in [4.69, 9.17) is 0 Å². The molecule has 0 N–H and O–H groups in total. The Morgan fingerprint density at radius 1 is 1.08 bits per heavy atom. The van der Waals surface area contributed by atoms with Gasteiger partial charge in [-0.05, 0) is 42.7 Å². The van der Waals surface area contributed by atoms with Gasteiger partial charge in [0.25, 0.3) is 0 Å². The van der Waals surface area contributed by atoms with Gasteiger partial charge in [-0.25, -0.2) is 4.68 Å². The number of hydrogen-bond donors (Lipinski definition) is 0. The first-order valence-electron chi connectivity index (χ1n) is 8.65. The lowest BCUT2D eigenvalue weighted by molar-refractivity contribution is -0.132. The number of carbonyl (C=O) groups excluding carboxylic acids is 1. The molecule has 4 rings (SSSR count). The molecule has 1 fully saturated rings. The molecule has 0 radical (unpaired) electrons. The van der Waals surface area contributed by atoms with E-state index >= 15 is 0 Å². The van der Waals surface area contributed by atoms with Crippen LogP contribution in [0.3, 0.4) is 0 Å². The van der Waals surface area contributed by atoms with Crippen molar-refractivity contribution in [2.75, 3.05) is 13.1 Å². The van der Waals surface area contributed by atoms with Gasteiger partial charge in [0.15, 0.2) is 0 Å². The Morgan fingerprint density at radius 3 is 2.60 bits per heavy atom. The van der Waals surface area contributed by atoms with Crippen molar-refractivity contribution in [2.24, 2.45) is 0 Å². The summed E-state index contributed by atoms with van der Waals surface area (Å²) in [6, 6.07) is 12.1. The van der Waals surface area contributed by atoms with Gasteiger partial charge in [-0.2, -0.15) is 10.2 Å². The van der Waals surface area contributed by atoms with E-state index in [0.717, 1.165) is 37.2 Å². The predicted octanol–water partition coefficient (Wildman–Crippen LogP) is 2.48. The van der Waals surface area contributed by atoms with Crippen LogP contribution < -0.4 is 0 Å². The summed E-state index contributed by atoms with van der Waals surface area (Å²) in [5.41, 5.74) is 2.03. The second-order valence-electron chi connectivity index (χ2n) is 6.42. The summed E-state index contributed by atoms with van der Waals surface area (Å²) in [6.45, 7) is 1.58. The Balaban J connectivity index is 1.39. The van der Waals surface area contributed by atoms with Crippen LogP contribution in [0.25, 0.3) is 5.69 Å². The molecule has 6 nitrogen and oxygen atoms in total. The molecule has 1 saturated heterocycles. The number of nitrogens with zero attached hydrogens (tertiary/aromatic N) is 5. The highest BCUT2D eigenvalue weighted by atomic mass is 16.2. The van der Waals surface area contributed by atoms with E-state index in [0.29, 0.717) is 6.42 Å². The van der Waals surface area contributed by atoms with Crippen molar-refractivity contribution in [1.82, 2.24) is 24.5 Å². The second-order valence-corrected chi connectivity index (χ2v) is 6.42. The number of likely N-dealkylation sites (tertiary alicyclic amines) is 1. The van der Waals surface area contributed by atoms with Gasteiger partial charge in [0.1, 0.15) is 0 Å². The third-order valence-electron chi connectivity index (χ3n) is 4.71. The molecule has 1 aromatic carbocycles. The van der Waals surface area contributed by atoms with Crippen molar-refractivity contribution in [3.05, 3.63) is 66.7 Å². The molecule has 0 spiro atoms. The van der Waals surface area contributed by atoms with E-state index < -0.39 is 0 Å². The van der Waals surface area contributed by atoms with Crippen molar-refractivity contribution in [2.45, 2.75) is 25.3 Å². The highest BCUT2D eigenvalue weighted by Crippen LogP contribution is 2.21. The standard InChI is InChI=1S/C19H21N5O/c25-19(22-11-1-4-18(15-22)24-13-3-10-21-24)14-16-5-7-17(8-6-16)23-12-2-9-20-23/h2-3,5-10,12-13,18H,1,4,11,14-15H2. The molecule has 1 aliphatic rings. The molecule has 1 unspecified atom stereocenters. The molecule has 3 aromatic rings. The lowest BCUT2D eigenvalue weighted by Gasteiger charge is -2.33. The van der Waals surface area contributed by atoms with E-state index in [9.17, 15) is 4.79 Å². The number of rotatable bonds is 4. The summed E-state index contributed by atoms with van der Waals surface area (Å²) in [4.78, 5) is 14.6. The van der Waals surface area contributed by atoms with Crippen LogP contribution in [0, 0.1) is 0 Å². The summed E-state index contributed by atoms with van der Waals surface area (Å²) in [6.07, 6.45) is 9.96. The van der Waals surface area contributed by atoms with Crippen LogP contribution in [-0.2, 0) is 11.2 Å². The van der Waals surface area contributed by atoms with E-state index in [1.165, 1.54) is 0 Å². The Hall–Kier alpha value is -2.89. The average Bonchev–Trinajstić information content (AvgIpc) is 3.36. The highest BCUT2D eigenvalue weighted by Gasteiger charge is 2.24. The zero-order valence-electron chi connectivity index (χ0n) is 14.0. The third-order valence-corrected chi connectivity index (χ3v) is 4.71. The van der Waals surface area contributed by atoms with Gasteiger partial charge < -0.3 is 4.90 Å². The number of aromatic nitrogens is 4. The van der Waals surface area contributed by atoms with E-state index in [1.54, 1.807) is 12.4 Å². The molecule has 1 aliphatic heterocycles. The number of carbonyl (C=O) groups is 1. The Morgan fingerprint density at radius 2 is 1.88 bits per heavy atom. The van der Waals surface area contributed by atoms with E-state index in [2.05, 4.69) is 10.2 Å². The molecule has 1 atom stereocenters. The smallest absolute Gasteiger partial charge is 0.227 e. The van der Waals surface area contributed by atoms with Crippen LogP contribution in [0.1, 0.15) is 24.4 Å². The quantitative estimate of drug-likeness (QED) is 0.736. The van der Waals surface area contributed by atoms with Gasteiger partial charge in [-0.3, -0.25) is 9.48 Å². The van der Waals surface area contributed by atoms with Crippen molar-refractivity contribution in [3.63, 3.8) is 0 Å². The van der Waals surface area contributed by atoms with Crippen molar-refractivity contribution < 1.29 is 4.79 Å². The minimum atomic E-state index is 0.184. The first-order chi connectivity index (χ1) is 12.3. The van der Waals surface area contributed by atoms with Crippen molar-refractivity contribution >= 4 is 5.91 Å². The van der Waals surface area contributed by atoms with Gasteiger partial charge in [0.05, 0.1) is 18.2 Å². The third kappa shape index (κ3) is 3.47. The largest absolute Gasteiger partial charge is 0.340 e. The minimum absolute atomic E-state index is 0.184. The molecule has 0 bridgehead atoms. The maximum atomic E-state index is 12.7. The topological polar surface area (TPSA) is 56.0 Å². The Kier molecular flexibility index (Phi) is 4.33. The van der Waals surface area contributed by atoms with Gasteiger partial charge in [0.2, 0.25) is 5.91 Å². The summed E-state index contributed by atoms with van der Waals surface area (Å²) in [7, 11) is 0. The van der Waals surface area contributed by atoms with Crippen molar-refractivity contribution in [1.29, 1.82) is 0 Å². The zero-order valence-corrected chi connectivity index (χ0v) is 14.0. The molecule has 1 amide bonds.